The summed E-state index contributed by atoms with van der Waals surface area (Å²) < 4.78 is 19.5. The Labute approximate surface area is 146 Å². The molecule has 3 rings (SSSR count). The van der Waals surface area contributed by atoms with E-state index in [9.17, 15) is 9.18 Å². The molecule has 1 aliphatic heterocycles. The Bertz CT molecular complexity index is 720. The highest BCUT2D eigenvalue weighted by Gasteiger charge is 2.30. The van der Waals surface area contributed by atoms with Gasteiger partial charge in [-0.2, -0.15) is 5.10 Å². The number of nitrogens with zero attached hydrogens (tertiary/aromatic N) is 2. The van der Waals surface area contributed by atoms with Crippen molar-refractivity contribution >= 4 is 6.03 Å². The number of methoxy groups -OCH3 is 1. The summed E-state index contributed by atoms with van der Waals surface area (Å²) in [6.07, 6.45) is 6.49. The zero-order valence-corrected chi connectivity index (χ0v) is 14.5. The Kier molecular flexibility index (Phi) is 5.21. The number of aromatic amines is 1. The number of amides is 2. The quantitative estimate of drug-likeness (QED) is 0.889. The highest BCUT2D eigenvalue weighted by atomic mass is 19.1. The summed E-state index contributed by atoms with van der Waals surface area (Å²) in [4.78, 5) is 14.6. The molecule has 2 atom stereocenters. The molecule has 0 bridgehead atoms. The van der Waals surface area contributed by atoms with Crippen LogP contribution in [0.1, 0.15) is 49.4 Å². The lowest BCUT2D eigenvalue weighted by Gasteiger charge is -2.36. The van der Waals surface area contributed by atoms with Gasteiger partial charge in [0.05, 0.1) is 31.0 Å². The number of benzene rings is 1. The molecule has 25 heavy (non-hydrogen) atoms. The number of aromatic nitrogens is 2. The molecule has 6 nitrogen and oxygen atoms in total. The number of ether oxygens (including phenoxy) is 1. The smallest absolute Gasteiger partial charge is 0.318 e. The fourth-order valence-corrected chi connectivity index (χ4v) is 3.42. The Morgan fingerprint density at radius 1 is 1.48 bits per heavy atom. The van der Waals surface area contributed by atoms with Crippen LogP contribution in [0.4, 0.5) is 9.18 Å². The van der Waals surface area contributed by atoms with Gasteiger partial charge >= 0.3 is 6.03 Å². The Morgan fingerprint density at radius 3 is 3.04 bits per heavy atom. The third-order valence-electron chi connectivity index (χ3n) is 4.67. The highest BCUT2D eigenvalue weighted by molar-refractivity contribution is 5.75. The lowest BCUT2D eigenvalue weighted by Crippen LogP contribution is -2.45. The van der Waals surface area contributed by atoms with Crippen molar-refractivity contribution in [3.05, 3.63) is 47.5 Å². The second-order valence-electron chi connectivity index (χ2n) is 6.26. The van der Waals surface area contributed by atoms with Gasteiger partial charge in [-0.15, -0.1) is 0 Å². The van der Waals surface area contributed by atoms with Crippen molar-refractivity contribution in [2.75, 3.05) is 13.7 Å². The van der Waals surface area contributed by atoms with Gasteiger partial charge < -0.3 is 15.0 Å². The van der Waals surface area contributed by atoms with Crippen molar-refractivity contribution in [1.29, 1.82) is 0 Å². The Balaban J connectivity index is 1.77. The van der Waals surface area contributed by atoms with E-state index in [0.29, 0.717) is 17.9 Å². The minimum absolute atomic E-state index is 0.0118. The maximum Gasteiger partial charge on any atom is 0.318 e. The molecule has 1 aromatic heterocycles. The number of piperidine rings is 1. The van der Waals surface area contributed by atoms with E-state index in [4.69, 9.17) is 4.74 Å². The van der Waals surface area contributed by atoms with Gasteiger partial charge in [0.25, 0.3) is 0 Å². The first-order valence-corrected chi connectivity index (χ1v) is 8.50. The summed E-state index contributed by atoms with van der Waals surface area (Å²) in [5, 5.41) is 9.70. The van der Waals surface area contributed by atoms with E-state index in [2.05, 4.69) is 15.5 Å². The maximum atomic E-state index is 14.2. The molecule has 0 radical (unpaired) electrons. The summed E-state index contributed by atoms with van der Waals surface area (Å²) in [6.45, 7) is 2.43. The molecule has 1 aromatic carbocycles. The van der Waals surface area contributed by atoms with Crippen LogP contribution in [0.3, 0.4) is 0 Å². The van der Waals surface area contributed by atoms with Crippen molar-refractivity contribution < 1.29 is 13.9 Å². The summed E-state index contributed by atoms with van der Waals surface area (Å²) in [5.74, 6) is 0.0370. The molecular weight excluding hydrogens is 323 g/mol. The number of halogens is 1. The van der Waals surface area contributed by atoms with E-state index in [1.165, 1.54) is 13.2 Å². The molecule has 134 valence electrons. The number of urea groups is 1. The van der Waals surface area contributed by atoms with Crippen LogP contribution in [-0.4, -0.2) is 34.8 Å². The predicted molar refractivity (Wildman–Crippen MR) is 91.8 cm³/mol. The fraction of sp³-hybridized carbons (Fsp3) is 0.444. The van der Waals surface area contributed by atoms with Gasteiger partial charge in [-0.05, 0) is 38.3 Å². The Morgan fingerprint density at radius 2 is 2.32 bits per heavy atom. The molecule has 1 saturated heterocycles. The van der Waals surface area contributed by atoms with E-state index in [1.807, 2.05) is 6.20 Å². The van der Waals surface area contributed by atoms with E-state index < -0.39 is 11.9 Å². The molecule has 2 amide bonds. The number of carbonyl (C=O) groups is 1. The third kappa shape index (κ3) is 3.60. The van der Waals surface area contributed by atoms with Crippen molar-refractivity contribution in [1.82, 2.24) is 20.4 Å². The molecule has 0 aliphatic carbocycles. The van der Waals surface area contributed by atoms with Crippen LogP contribution in [0, 0.1) is 5.82 Å². The molecule has 2 N–H and O–H groups in total. The van der Waals surface area contributed by atoms with Crippen LogP contribution in [-0.2, 0) is 0 Å². The van der Waals surface area contributed by atoms with E-state index in [1.54, 1.807) is 30.2 Å². The van der Waals surface area contributed by atoms with Crippen molar-refractivity contribution in [2.45, 2.75) is 38.3 Å². The number of likely N-dealkylation sites (tertiary alicyclic amines) is 1. The standard InChI is InChI=1S/C18H23FN4O2/c1-12(17-14(19)6-5-8-16(17)25-2)22-18(24)23-9-4-3-7-15(23)13-10-20-21-11-13/h5-6,8,10-12,15H,3-4,7,9H2,1-2H3,(H,20,21)(H,22,24)/t12-,15+/m0/s1. The van der Waals surface area contributed by atoms with Gasteiger partial charge in [-0.25, -0.2) is 9.18 Å². The number of H-pyrrole nitrogens is 1. The SMILES string of the molecule is COc1cccc(F)c1[C@H](C)NC(=O)N1CCCC[C@@H]1c1cn[nH]c1. The lowest BCUT2D eigenvalue weighted by atomic mass is 9.98. The summed E-state index contributed by atoms with van der Waals surface area (Å²) in [7, 11) is 1.49. The zero-order chi connectivity index (χ0) is 17.8. The first-order chi connectivity index (χ1) is 12.1. The van der Waals surface area contributed by atoms with Crippen LogP contribution in [0.2, 0.25) is 0 Å². The first-order valence-electron chi connectivity index (χ1n) is 8.50. The van der Waals surface area contributed by atoms with E-state index in [0.717, 1.165) is 24.8 Å². The van der Waals surface area contributed by atoms with E-state index in [-0.39, 0.29) is 12.1 Å². The molecule has 0 saturated carbocycles. The predicted octanol–water partition coefficient (Wildman–Crippen LogP) is 3.56. The number of nitrogens with one attached hydrogen (secondary N) is 2. The third-order valence-corrected chi connectivity index (χ3v) is 4.67. The summed E-state index contributed by atoms with van der Waals surface area (Å²) in [5.41, 5.74) is 1.35. The highest BCUT2D eigenvalue weighted by Crippen LogP contribution is 2.32. The van der Waals surface area contributed by atoms with Crippen molar-refractivity contribution in [3.8, 4) is 5.75 Å². The minimum Gasteiger partial charge on any atom is -0.496 e. The molecular formula is C18H23FN4O2. The second-order valence-corrected chi connectivity index (χ2v) is 6.26. The summed E-state index contributed by atoms with van der Waals surface area (Å²) in [6, 6.07) is 3.93. The zero-order valence-electron chi connectivity index (χ0n) is 14.5. The van der Waals surface area contributed by atoms with Crippen LogP contribution < -0.4 is 10.1 Å². The van der Waals surface area contributed by atoms with Crippen LogP contribution >= 0.6 is 0 Å². The normalized spacial score (nSPS) is 18.7. The molecule has 2 heterocycles. The van der Waals surface area contributed by atoms with Gasteiger partial charge in [-0.3, -0.25) is 5.10 Å². The number of carbonyl (C=O) groups excluding carboxylic acids is 1. The maximum absolute atomic E-state index is 14.2. The van der Waals surface area contributed by atoms with Gasteiger partial charge in [-0.1, -0.05) is 6.07 Å². The first kappa shape index (κ1) is 17.3. The van der Waals surface area contributed by atoms with Crippen LogP contribution in [0.5, 0.6) is 5.75 Å². The summed E-state index contributed by atoms with van der Waals surface area (Å²) >= 11 is 0. The molecule has 2 aromatic rings. The van der Waals surface area contributed by atoms with Gasteiger partial charge in [0.15, 0.2) is 0 Å². The molecule has 0 spiro atoms. The number of rotatable bonds is 4. The molecule has 1 aliphatic rings. The monoisotopic (exact) mass is 346 g/mol. The number of hydrogen-bond acceptors (Lipinski definition) is 3. The van der Waals surface area contributed by atoms with Gasteiger partial charge in [0, 0.05) is 18.3 Å². The average molecular weight is 346 g/mol. The van der Waals surface area contributed by atoms with E-state index >= 15 is 0 Å². The molecule has 1 fully saturated rings. The Hall–Kier alpha value is -2.57. The fourth-order valence-electron chi connectivity index (χ4n) is 3.42. The second kappa shape index (κ2) is 7.55. The minimum atomic E-state index is -0.504. The molecule has 0 unspecified atom stereocenters. The van der Waals surface area contributed by atoms with Crippen molar-refractivity contribution in [2.24, 2.45) is 0 Å². The topological polar surface area (TPSA) is 70.2 Å². The largest absolute Gasteiger partial charge is 0.496 e. The van der Waals surface area contributed by atoms with Gasteiger partial charge in [0.2, 0.25) is 0 Å². The van der Waals surface area contributed by atoms with Gasteiger partial charge in [0.1, 0.15) is 11.6 Å². The van der Waals surface area contributed by atoms with Crippen LogP contribution in [0.25, 0.3) is 0 Å². The van der Waals surface area contributed by atoms with Crippen LogP contribution in [0.15, 0.2) is 30.6 Å². The van der Waals surface area contributed by atoms with Crippen molar-refractivity contribution in [3.63, 3.8) is 0 Å². The number of hydrogen-bond donors (Lipinski definition) is 2. The lowest BCUT2D eigenvalue weighted by molar-refractivity contribution is 0.148. The molecule has 7 heteroatoms. The average Bonchev–Trinajstić information content (AvgIpc) is 3.15.